The van der Waals surface area contributed by atoms with Crippen molar-refractivity contribution in [2.45, 2.75) is 19.8 Å². The van der Waals surface area contributed by atoms with Crippen LogP contribution < -0.4 is 5.32 Å². The molecule has 1 N–H and O–H groups in total. The monoisotopic (exact) mass is 170 g/mol. The first-order chi connectivity index (χ1) is 5.56. The summed E-state index contributed by atoms with van der Waals surface area (Å²) in [5.41, 5.74) is -0.165. The molecule has 1 amide bonds. The summed E-state index contributed by atoms with van der Waals surface area (Å²) >= 11 is 0. The van der Waals surface area contributed by atoms with Gasteiger partial charge in [-0.3, -0.25) is 4.79 Å². The summed E-state index contributed by atoms with van der Waals surface area (Å²) in [4.78, 5) is 13.4. The van der Waals surface area contributed by atoms with Crippen LogP contribution >= 0.6 is 0 Å². The van der Waals surface area contributed by atoms with Crippen LogP contribution in [-0.4, -0.2) is 38.0 Å². The molecule has 0 aromatic rings. The second kappa shape index (κ2) is 3.44. The normalized spacial score (nSPS) is 29.9. The number of hydrogen-bond acceptors (Lipinski definition) is 2. The Morgan fingerprint density at radius 1 is 1.50 bits per heavy atom. The number of carbonyl (C=O) groups excluding carboxylic acids is 1. The molecular weight excluding hydrogens is 152 g/mol. The minimum Gasteiger partial charge on any atom is -0.348 e. The van der Waals surface area contributed by atoms with Crippen molar-refractivity contribution in [3.8, 4) is 0 Å². The molecule has 0 radical (unpaired) electrons. The lowest BCUT2D eigenvalue weighted by Gasteiger charge is -2.34. The molecule has 3 heteroatoms. The third kappa shape index (κ3) is 1.78. The molecule has 1 fully saturated rings. The van der Waals surface area contributed by atoms with Crippen molar-refractivity contribution >= 4 is 5.91 Å². The molecular formula is C9H18N2O. The first-order valence-corrected chi connectivity index (χ1v) is 4.49. The molecule has 0 aliphatic carbocycles. The van der Waals surface area contributed by atoms with Gasteiger partial charge < -0.3 is 10.2 Å². The van der Waals surface area contributed by atoms with Crippen molar-refractivity contribution in [2.24, 2.45) is 5.41 Å². The van der Waals surface area contributed by atoms with Gasteiger partial charge in [0.15, 0.2) is 0 Å². The van der Waals surface area contributed by atoms with E-state index in [0.29, 0.717) is 0 Å². The highest BCUT2D eigenvalue weighted by Gasteiger charge is 2.35. The summed E-state index contributed by atoms with van der Waals surface area (Å²) in [5, 5.41) is 3.26. The predicted molar refractivity (Wildman–Crippen MR) is 48.9 cm³/mol. The fourth-order valence-electron chi connectivity index (χ4n) is 1.78. The minimum atomic E-state index is -0.165. The lowest BCUT2D eigenvalue weighted by Crippen LogP contribution is -2.48. The first kappa shape index (κ1) is 9.52. The Morgan fingerprint density at radius 2 is 2.17 bits per heavy atom. The Bertz CT molecular complexity index is 171. The van der Waals surface area contributed by atoms with Crippen molar-refractivity contribution in [2.75, 3.05) is 27.2 Å². The fourth-order valence-corrected chi connectivity index (χ4v) is 1.78. The molecule has 0 aromatic heterocycles. The molecule has 1 aliphatic heterocycles. The zero-order chi connectivity index (χ0) is 9.19. The van der Waals surface area contributed by atoms with Crippen LogP contribution in [0.25, 0.3) is 0 Å². The zero-order valence-electron chi connectivity index (χ0n) is 8.18. The third-order valence-electron chi connectivity index (χ3n) is 2.52. The SMILES string of the molecule is CN(C)C(=O)[C@@]1(C)CCCNC1. The van der Waals surface area contributed by atoms with Crippen molar-refractivity contribution in [1.29, 1.82) is 0 Å². The fraction of sp³-hybridized carbons (Fsp3) is 0.889. The van der Waals surface area contributed by atoms with Crippen LogP contribution in [0.5, 0.6) is 0 Å². The van der Waals surface area contributed by atoms with Gasteiger partial charge in [0.25, 0.3) is 0 Å². The van der Waals surface area contributed by atoms with Crippen LogP contribution in [-0.2, 0) is 4.79 Å². The maximum Gasteiger partial charge on any atom is 0.229 e. The summed E-state index contributed by atoms with van der Waals surface area (Å²) in [6.45, 7) is 3.92. The molecule has 3 nitrogen and oxygen atoms in total. The minimum absolute atomic E-state index is 0.165. The van der Waals surface area contributed by atoms with Gasteiger partial charge in [0.05, 0.1) is 5.41 Å². The van der Waals surface area contributed by atoms with E-state index < -0.39 is 0 Å². The summed E-state index contributed by atoms with van der Waals surface area (Å²) < 4.78 is 0. The van der Waals surface area contributed by atoms with E-state index in [-0.39, 0.29) is 11.3 Å². The Labute approximate surface area is 74.1 Å². The van der Waals surface area contributed by atoms with Crippen molar-refractivity contribution < 1.29 is 4.79 Å². The maximum absolute atomic E-state index is 11.7. The first-order valence-electron chi connectivity index (χ1n) is 4.49. The highest BCUT2D eigenvalue weighted by molar-refractivity contribution is 5.82. The van der Waals surface area contributed by atoms with Gasteiger partial charge in [-0.25, -0.2) is 0 Å². The number of hydrogen-bond donors (Lipinski definition) is 1. The topological polar surface area (TPSA) is 32.3 Å². The second-order valence-corrected chi connectivity index (χ2v) is 4.04. The molecule has 0 aromatic carbocycles. The Balaban J connectivity index is 2.62. The molecule has 0 spiro atoms. The number of piperidine rings is 1. The standard InChI is InChI=1S/C9H18N2O/c1-9(8(12)11(2)3)5-4-6-10-7-9/h10H,4-7H2,1-3H3/t9-/m0/s1. The van der Waals surface area contributed by atoms with Crippen LogP contribution in [0.1, 0.15) is 19.8 Å². The van der Waals surface area contributed by atoms with E-state index in [1.807, 2.05) is 21.0 Å². The maximum atomic E-state index is 11.7. The van der Waals surface area contributed by atoms with Gasteiger partial charge in [0.1, 0.15) is 0 Å². The second-order valence-electron chi connectivity index (χ2n) is 4.04. The van der Waals surface area contributed by atoms with E-state index in [2.05, 4.69) is 5.32 Å². The molecule has 12 heavy (non-hydrogen) atoms. The number of nitrogens with one attached hydrogen (secondary N) is 1. The van der Waals surface area contributed by atoms with Crippen LogP contribution in [0.15, 0.2) is 0 Å². The van der Waals surface area contributed by atoms with E-state index in [1.165, 1.54) is 0 Å². The summed E-state index contributed by atoms with van der Waals surface area (Å²) in [5.74, 6) is 0.245. The van der Waals surface area contributed by atoms with Gasteiger partial charge in [-0.15, -0.1) is 0 Å². The van der Waals surface area contributed by atoms with Gasteiger partial charge in [0.2, 0.25) is 5.91 Å². The third-order valence-corrected chi connectivity index (χ3v) is 2.52. The summed E-state index contributed by atoms with van der Waals surface area (Å²) in [6.07, 6.45) is 2.12. The largest absolute Gasteiger partial charge is 0.348 e. The Kier molecular flexibility index (Phi) is 2.73. The van der Waals surface area contributed by atoms with Gasteiger partial charge in [-0.05, 0) is 26.3 Å². The Morgan fingerprint density at radius 3 is 2.58 bits per heavy atom. The van der Waals surface area contributed by atoms with E-state index in [0.717, 1.165) is 25.9 Å². The van der Waals surface area contributed by atoms with Crippen LogP contribution in [0, 0.1) is 5.41 Å². The van der Waals surface area contributed by atoms with E-state index >= 15 is 0 Å². The highest BCUT2D eigenvalue weighted by atomic mass is 16.2. The number of amides is 1. The predicted octanol–water partition coefficient (Wildman–Crippen LogP) is 0.464. The van der Waals surface area contributed by atoms with Gasteiger partial charge >= 0.3 is 0 Å². The van der Waals surface area contributed by atoms with Crippen LogP contribution in [0.4, 0.5) is 0 Å². The molecule has 0 saturated carbocycles. The molecule has 70 valence electrons. The molecule has 0 unspecified atom stereocenters. The summed E-state index contributed by atoms with van der Waals surface area (Å²) in [7, 11) is 3.64. The van der Waals surface area contributed by atoms with Crippen molar-refractivity contribution in [1.82, 2.24) is 10.2 Å². The smallest absolute Gasteiger partial charge is 0.229 e. The zero-order valence-corrected chi connectivity index (χ0v) is 8.18. The Hall–Kier alpha value is -0.570. The van der Waals surface area contributed by atoms with Gasteiger partial charge in [-0.1, -0.05) is 0 Å². The van der Waals surface area contributed by atoms with E-state index in [4.69, 9.17) is 0 Å². The molecule has 1 saturated heterocycles. The summed E-state index contributed by atoms with van der Waals surface area (Å²) in [6, 6.07) is 0. The number of nitrogens with zero attached hydrogens (tertiary/aromatic N) is 1. The quantitative estimate of drug-likeness (QED) is 0.620. The molecule has 1 aliphatic rings. The van der Waals surface area contributed by atoms with Crippen LogP contribution in [0.2, 0.25) is 0 Å². The van der Waals surface area contributed by atoms with E-state index in [9.17, 15) is 4.79 Å². The highest BCUT2D eigenvalue weighted by Crippen LogP contribution is 2.26. The van der Waals surface area contributed by atoms with E-state index in [1.54, 1.807) is 4.90 Å². The van der Waals surface area contributed by atoms with Crippen molar-refractivity contribution in [3.05, 3.63) is 0 Å². The molecule has 1 atom stereocenters. The average Bonchev–Trinajstić information content (AvgIpc) is 2.04. The van der Waals surface area contributed by atoms with Gasteiger partial charge in [0, 0.05) is 20.6 Å². The molecule has 1 rings (SSSR count). The van der Waals surface area contributed by atoms with Crippen molar-refractivity contribution in [3.63, 3.8) is 0 Å². The lowest BCUT2D eigenvalue weighted by atomic mass is 9.81. The molecule has 0 bridgehead atoms. The number of rotatable bonds is 1. The number of carbonyl (C=O) groups is 1. The lowest BCUT2D eigenvalue weighted by molar-refractivity contribution is -0.139. The van der Waals surface area contributed by atoms with Crippen LogP contribution in [0.3, 0.4) is 0 Å². The van der Waals surface area contributed by atoms with Gasteiger partial charge in [-0.2, -0.15) is 0 Å². The average molecular weight is 170 g/mol. The molecule has 1 heterocycles.